The van der Waals surface area contributed by atoms with Gasteiger partial charge in [0.05, 0.1) is 26.7 Å². The van der Waals surface area contributed by atoms with E-state index in [1.54, 1.807) is 24.3 Å². The Bertz CT molecular complexity index is 500. The van der Waals surface area contributed by atoms with E-state index in [0.29, 0.717) is 11.3 Å². The van der Waals surface area contributed by atoms with E-state index in [1.807, 2.05) is 0 Å². The molecule has 0 bridgehead atoms. The molecule has 0 radical (unpaired) electrons. The molecule has 0 aliphatic carbocycles. The fourth-order valence-electron chi connectivity index (χ4n) is 1.70. The standard InChI is InChI=1S/C13H17N3O4/c1-20-10-4-2-3-9(5-10)11(17)6-16(7-12(14)18)8-13(15)19/h2-5H,6-8H2,1H3,(H2,14,18)(H2,15,19). The van der Waals surface area contributed by atoms with Crippen LogP contribution in [0.3, 0.4) is 0 Å². The minimum Gasteiger partial charge on any atom is -0.497 e. The smallest absolute Gasteiger partial charge is 0.231 e. The largest absolute Gasteiger partial charge is 0.497 e. The average molecular weight is 279 g/mol. The summed E-state index contributed by atoms with van der Waals surface area (Å²) in [5.41, 5.74) is 10.5. The highest BCUT2D eigenvalue weighted by atomic mass is 16.5. The summed E-state index contributed by atoms with van der Waals surface area (Å²) in [5.74, 6) is -0.979. The van der Waals surface area contributed by atoms with Crippen LogP contribution in [0.25, 0.3) is 0 Å². The second-order valence-corrected chi connectivity index (χ2v) is 4.23. The number of hydrogen-bond donors (Lipinski definition) is 2. The van der Waals surface area contributed by atoms with E-state index in [4.69, 9.17) is 16.2 Å². The van der Waals surface area contributed by atoms with Crippen molar-refractivity contribution in [2.45, 2.75) is 0 Å². The normalized spacial score (nSPS) is 10.3. The van der Waals surface area contributed by atoms with Crippen molar-refractivity contribution in [2.75, 3.05) is 26.7 Å². The number of carbonyl (C=O) groups excluding carboxylic acids is 3. The average Bonchev–Trinajstić information content (AvgIpc) is 2.37. The van der Waals surface area contributed by atoms with Crippen LogP contribution >= 0.6 is 0 Å². The zero-order valence-electron chi connectivity index (χ0n) is 11.2. The number of primary amides is 2. The maximum absolute atomic E-state index is 12.1. The number of nitrogens with two attached hydrogens (primary N) is 2. The maximum Gasteiger partial charge on any atom is 0.231 e. The van der Waals surface area contributed by atoms with Gasteiger partial charge in [0.25, 0.3) is 0 Å². The summed E-state index contributed by atoms with van der Waals surface area (Å²) in [7, 11) is 1.50. The molecule has 4 N–H and O–H groups in total. The lowest BCUT2D eigenvalue weighted by molar-refractivity contribution is -0.121. The number of ketones is 1. The first kappa shape index (κ1) is 15.6. The molecule has 7 nitrogen and oxygen atoms in total. The summed E-state index contributed by atoms with van der Waals surface area (Å²) in [6, 6.07) is 6.59. The van der Waals surface area contributed by atoms with Crippen LogP contribution in [0.2, 0.25) is 0 Å². The second kappa shape index (κ2) is 7.25. The molecule has 20 heavy (non-hydrogen) atoms. The molecule has 1 aromatic rings. The number of nitrogens with zero attached hydrogens (tertiary/aromatic N) is 1. The molecule has 0 aliphatic heterocycles. The molecule has 0 aliphatic rings. The van der Waals surface area contributed by atoms with Gasteiger partial charge < -0.3 is 16.2 Å². The quantitative estimate of drug-likeness (QED) is 0.601. The lowest BCUT2D eigenvalue weighted by Crippen LogP contribution is -2.42. The van der Waals surface area contributed by atoms with E-state index >= 15 is 0 Å². The van der Waals surface area contributed by atoms with Gasteiger partial charge in [-0.25, -0.2) is 0 Å². The van der Waals surface area contributed by atoms with Gasteiger partial charge in [-0.1, -0.05) is 12.1 Å². The van der Waals surface area contributed by atoms with Crippen LogP contribution in [0.4, 0.5) is 0 Å². The van der Waals surface area contributed by atoms with Gasteiger partial charge in [-0.05, 0) is 12.1 Å². The number of Topliss-reactive ketones (excluding diaryl/α,β-unsaturated/α-hetero) is 1. The SMILES string of the molecule is COc1cccc(C(=O)CN(CC(N)=O)CC(N)=O)c1. The van der Waals surface area contributed by atoms with Gasteiger partial charge in [0.15, 0.2) is 5.78 Å². The highest BCUT2D eigenvalue weighted by Crippen LogP contribution is 2.13. The number of ether oxygens (including phenoxy) is 1. The van der Waals surface area contributed by atoms with E-state index in [1.165, 1.54) is 12.0 Å². The second-order valence-electron chi connectivity index (χ2n) is 4.23. The van der Waals surface area contributed by atoms with Crippen molar-refractivity contribution >= 4 is 17.6 Å². The summed E-state index contributed by atoms with van der Waals surface area (Å²) >= 11 is 0. The lowest BCUT2D eigenvalue weighted by Gasteiger charge is -2.18. The van der Waals surface area contributed by atoms with Gasteiger partial charge in [0.2, 0.25) is 11.8 Å². The molecule has 108 valence electrons. The Kier molecular flexibility index (Phi) is 5.67. The van der Waals surface area contributed by atoms with E-state index in [0.717, 1.165) is 0 Å². The lowest BCUT2D eigenvalue weighted by atomic mass is 10.1. The van der Waals surface area contributed by atoms with Crippen LogP contribution in [0.1, 0.15) is 10.4 Å². The van der Waals surface area contributed by atoms with E-state index in [-0.39, 0.29) is 25.4 Å². The topological polar surface area (TPSA) is 116 Å². The number of methoxy groups -OCH3 is 1. The number of hydrogen-bond acceptors (Lipinski definition) is 5. The van der Waals surface area contributed by atoms with Crippen LogP contribution in [-0.4, -0.2) is 49.2 Å². The molecule has 0 saturated carbocycles. The van der Waals surface area contributed by atoms with Gasteiger partial charge in [0.1, 0.15) is 5.75 Å². The molecule has 0 aromatic heterocycles. The summed E-state index contributed by atoms with van der Waals surface area (Å²) < 4.78 is 5.03. The van der Waals surface area contributed by atoms with E-state index in [2.05, 4.69) is 0 Å². The van der Waals surface area contributed by atoms with E-state index in [9.17, 15) is 14.4 Å². The number of amides is 2. The molecular weight excluding hydrogens is 262 g/mol. The number of benzene rings is 1. The van der Waals surface area contributed by atoms with Crippen LogP contribution in [0, 0.1) is 0 Å². The highest BCUT2D eigenvalue weighted by molar-refractivity contribution is 5.98. The summed E-state index contributed by atoms with van der Waals surface area (Å²) in [6.07, 6.45) is 0. The van der Waals surface area contributed by atoms with Crippen molar-refractivity contribution in [1.29, 1.82) is 0 Å². The third-order valence-electron chi connectivity index (χ3n) is 2.52. The number of rotatable bonds is 8. The molecule has 1 aromatic carbocycles. The van der Waals surface area contributed by atoms with Gasteiger partial charge >= 0.3 is 0 Å². The van der Waals surface area contributed by atoms with Crippen molar-refractivity contribution in [3.05, 3.63) is 29.8 Å². The predicted molar refractivity (Wildman–Crippen MR) is 72.2 cm³/mol. The first-order valence-corrected chi connectivity index (χ1v) is 5.88. The van der Waals surface area contributed by atoms with Crippen LogP contribution < -0.4 is 16.2 Å². The third-order valence-corrected chi connectivity index (χ3v) is 2.52. The third kappa shape index (κ3) is 5.07. The molecule has 0 saturated heterocycles. The molecule has 7 heteroatoms. The van der Waals surface area contributed by atoms with Crippen LogP contribution in [-0.2, 0) is 9.59 Å². The molecule has 0 fully saturated rings. The van der Waals surface area contributed by atoms with Crippen molar-refractivity contribution in [1.82, 2.24) is 4.90 Å². The van der Waals surface area contributed by atoms with Crippen LogP contribution in [0.15, 0.2) is 24.3 Å². The molecule has 0 unspecified atom stereocenters. The molecule has 0 spiro atoms. The Morgan fingerprint density at radius 2 is 1.70 bits per heavy atom. The van der Waals surface area contributed by atoms with Crippen molar-refractivity contribution in [3.8, 4) is 5.75 Å². The minimum atomic E-state index is -0.635. The molecular formula is C13H17N3O4. The number of carbonyl (C=O) groups is 3. The summed E-state index contributed by atoms with van der Waals surface area (Å²) in [6.45, 7) is -0.545. The van der Waals surface area contributed by atoms with Crippen molar-refractivity contribution < 1.29 is 19.1 Å². The first-order chi connectivity index (χ1) is 9.42. The Morgan fingerprint density at radius 1 is 1.10 bits per heavy atom. The predicted octanol–water partition coefficient (Wildman–Crippen LogP) is -0.849. The fraction of sp³-hybridized carbons (Fsp3) is 0.308. The zero-order chi connectivity index (χ0) is 15.1. The first-order valence-electron chi connectivity index (χ1n) is 5.88. The maximum atomic E-state index is 12.1. The van der Waals surface area contributed by atoms with E-state index < -0.39 is 11.8 Å². The molecule has 1 rings (SSSR count). The Morgan fingerprint density at radius 3 is 2.20 bits per heavy atom. The minimum absolute atomic E-state index is 0.126. The zero-order valence-corrected chi connectivity index (χ0v) is 11.2. The molecule has 2 amide bonds. The van der Waals surface area contributed by atoms with Gasteiger partial charge in [-0.15, -0.1) is 0 Å². The summed E-state index contributed by atoms with van der Waals surface area (Å²) in [4.78, 5) is 35.2. The Hall–Kier alpha value is -2.41. The summed E-state index contributed by atoms with van der Waals surface area (Å²) in [5, 5.41) is 0. The van der Waals surface area contributed by atoms with Crippen LogP contribution in [0.5, 0.6) is 5.75 Å². The molecule has 0 atom stereocenters. The van der Waals surface area contributed by atoms with Gasteiger partial charge in [-0.3, -0.25) is 19.3 Å². The highest BCUT2D eigenvalue weighted by Gasteiger charge is 2.16. The fourth-order valence-corrected chi connectivity index (χ4v) is 1.70. The van der Waals surface area contributed by atoms with Crippen molar-refractivity contribution in [3.63, 3.8) is 0 Å². The van der Waals surface area contributed by atoms with Gasteiger partial charge in [-0.2, -0.15) is 0 Å². The van der Waals surface area contributed by atoms with Gasteiger partial charge in [0, 0.05) is 5.56 Å². The monoisotopic (exact) mass is 279 g/mol. The molecule has 0 heterocycles. The van der Waals surface area contributed by atoms with Crippen molar-refractivity contribution in [2.24, 2.45) is 11.5 Å². The Balaban J connectivity index is 2.78. The Labute approximate surface area is 116 Å².